The number of carbonyl (C=O) groups excluding carboxylic acids is 1. The molecule has 0 heterocycles. The molecule has 0 radical (unpaired) electrons. The molecule has 2 N–H and O–H groups in total. The second-order valence-corrected chi connectivity index (χ2v) is 5.55. The molecule has 0 aliphatic heterocycles. The summed E-state index contributed by atoms with van der Waals surface area (Å²) in [5.41, 5.74) is 2.15. The monoisotopic (exact) mass is 326 g/mol. The summed E-state index contributed by atoms with van der Waals surface area (Å²) in [6.45, 7) is 4.52. The van der Waals surface area contributed by atoms with E-state index in [9.17, 15) is 4.79 Å². The van der Waals surface area contributed by atoms with Gasteiger partial charge in [-0.2, -0.15) is 0 Å². The van der Waals surface area contributed by atoms with E-state index in [1.54, 1.807) is 0 Å². The molecule has 0 fully saturated rings. The van der Waals surface area contributed by atoms with E-state index in [2.05, 4.69) is 10.6 Å². The smallest absolute Gasteiger partial charge is 0.234 e. The van der Waals surface area contributed by atoms with Gasteiger partial charge >= 0.3 is 0 Å². The van der Waals surface area contributed by atoms with Crippen LogP contribution in [0.2, 0.25) is 0 Å². The van der Waals surface area contributed by atoms with Crippen molar-refractivity contribution in [2.45, 2.75) is 19.4 Å². The Kier molecular flexibility index (Phi) is 8.01. The Bertz CT molecular complexity index is 548. The van der Waals surface area contributed by atoms with Crippen LogP contribution in [0, 0.1) is 0 Å². The minimum absolute atomic E-state index is 0.0101. The molecule has 4 nitrogen and oxygen atoms in total. The van der Waals surface area contributed by atoms with E-state index >= 15 is 0 Å². The minimum atomic E-state index is -0.134. The van der Waals surface area contributed by atoms with E-state index in [1.807, 2.05) is 67.6 Å². The predicted molar refractivity (Wildman–Crippen MR) is 96.8 cm³/mol. The molecule has 24 heavy (non-hydrogen) atoms. The highest BCUT2D eigenvalue weighted by Gasteiger charge is 2.16. The molecule has 0 aliphatic rings. The second-order valence-electron chi connectivity index (χ2n) is 5.55. The summed E-state index contributed by atoms with van der Waals surface area (Å²) >= 11 is 0. The van der Waals surface area contributed by atoms with E-state index in [-0.39, 0.29) is 11.9 Å². The molecule has 0 saturated carbocycles. The molecule has 1 amide bonds. The van der Waals surface area contributed by atoms with Crippen LogP contribution in [0.3, 0.4) is 0 Å². The Labute approximate surface area is 144 Å². The minimum Gasteiger partial charge on any atom is -0.382 e. The first-order valence-electron chi connectivity index (χ1n) is 8.49. The van der Waals surface area contributed by atoms with Gasteiger partial charge in [0.25, 0.3) is 0 Å². The van der Waals surface area contributed by atoms with Crippen molar-refractivity contribution in [1.82, 2.24) is 10.6 Å². The Balaban J connectivity index is 1.90. The van der Waals surface area contributed by atoms with Crippen molar-refractivity contribution in [3.8, 4) is 0 Å². The number of ether oxygens (including phenoxy) is 1. The summed E-state index contributed by atoms with van der Waals surface area (Å²) < 4.78 is 5.28. The number of hydrogen-bond donors (Lipinski definition) is 2. The lowest BCUT2D eigenvalue weighted by molar-refractivity contribution is -0.120. The predicted octanol–water partition coefficient (Wildman–Crippen LogP) is 2.91. The SMILES string of the molecule is CCOCCCNCC(=O)NC(c1ccccc1)c1ccccc1. The van der Waals surface area contributed by atoms with Crippen molar-refractivity contribution in [2.24, 2.45) is 0 Å². The maximum atomic E-state index is 12.3. The average molecular weight is 326 g/mol. The molecule has 0 spiro atoms. The highest BCUT2D eigenvalue weighted by atomic mass is 16.5. The summed E-state index contributed by atoms with van der Waals surface area (Å²) in [6.07, 6.45) is 0.905. The van der Waals surface area contributed by atoms with E-state index in [1.165, 1.54) is 0 Å². The molecule has 2 rings (SSSR count). The largest absolute Gasteiger partial charge is 0.382 e. The van der Waals surface area contributed by atoms with Crippen LogP contribution in [0.5, 0.6) is 0 Å². The van der Waals surface area contributed by atoms with E-state index in [0.29, 0.717) is 6.54 Å². The number of benzene rings is 2. The third-order valence-electron chi connectivity index (χ3n) is 3.70. The summed E-state index contributed by atoms with van der Waals surface area (Å²) in [5, 5.41) is 6.28. The number of amides is 1. The lowest BCUT2D eigenvalue weighted by atomic mass is 9.99. The molecule has 128 valence electrons. The lowest BCUT2D eigenvalue weighted by Crippen LogP contribution is -2.37. The van der Waals surface area contributed by atoms with E-state index < -0.39 is 0 Å². The van der Waals surface area contributed by atoms with E-state index in [4.69, 9.17) is 4.74 Å². The standard InChI is InChI=1S/C20H26N2O2/c1-2-24-15-9-14-21-16-19(23)22-20(17-10-5-3-6-11-17)18-12-7-4-8-13-18/h3-8,10-13,20-21H,2,9,14-16H2,1H3,(H,22,23). The number of rotatable bonds is 10. The lowest BCUT2D eigenvalue weighted by Gasteiger charge is -2.20. The summed E-state index contributed by atoms with van der Waals surface area (Å²) in [6, 6.07) is 19.9. The molecule has 0 unspecified atom stereocenters. The van der Waals surface area contributed by atoms with Crippen molar-refractivity contribution in [2.75, 3.05) is 26.3 Å². The van der Waals surface area contributed by atoms with Gasteiger partial charge in [0, 0.05) is 13.2 Å². The van der Waals surface area contributed by atoms with Gasteiger partial charge in [-0.15, -0.1) is 0 Å². The maximum absolute atomic E-state index is 12.3. The van der Waals surface area contributed by atoms with Gasteiger partial charge < -0.3 is 15.4 Å². The molecule has 0 aliphatic carbocycles. The molecule has 0 atom stereocenters. The first-order chi connectivity index (χ1) is 11.8. The fourth-order valence-corrected chi connectivity index (χ4v) is 2.51. The van der Waals surface area contributed by atoms with E-state index in [0.717, 1.165) is 37.3 Å². The Morgan fingerprint density at radius 2 is 1.58 bits per heavy atom. The number of nitrogens with one attached hydrogen (secondary N) is 2. The van der Waals surface area contributed by atoms with Crippen molar-refractivity contribution in [1.29, 1.82) is 0 Å². The third kappa shape index (κ3) is 6.14. The molecule has 0 bridgehead atoms. The van der Waals surface area contributed by atoms with Gasteiger partial charge in [0.15, 0.2) is 0 Å². The zero-order chi connectivity index (χ0) is 17.0. The zero-order valence-electron chi connectivity index (χ0n) is 14.2. The fraction of sp³-hybridized carbons (Fsp3) is 0.350. The molecular formula is C20H26N2O2. The van der Waals surface area contributed by atoms with Crippen molar-refractivity contribution in [3.05, 3.63) is 71.8 Å². The van der Waals surface area contributed by atoms with Gasteiger partial charge in [-0.05, 0) is 31.0 Å². The molecule has 4 heteroatoms. The van der Waals surface area contributed by atoms with Crippen LogP contribution < -0.4 is 10.6 Å². The van der Waals surface area contributed by atoms with Crippen molar-refractivity contribution in [3.63, 3.8) is 0 Å². The van der Waals surface area contributed by atoms with Crippen LogP contribution in [0.4, 0.5) is 0 Å². The summed E-state index contributed by atoms with van der Waals surface area (Å²) in [7, 11) is 0. The van der Waals surface area contributed by atoms with Crippen LogP contribution in [-0.4, -0.2) is 32.2 Å². The van der Waals surface area contributed by atoms with Gasteiger partial charge in [-0.3, -0.25) is 4.79 Å². The Morgan fingerprint density at radius 1 is 1.00 bits per heavy atom. The normalized spacial score (nSPS) is 10.8. The first kappa shape index (κ1) is 18.2. The highest BCUT2D eigenvalue weighted by Crippen LogP contribution is 2.21. The van der Waals surface area contributed by atoms with Crippen LogP contribution >= 0.6 is 0 Å². The van der Waals surface area contributed by atoms with Crippen LogP contribution in [0.25, 0.3) is 0 Å². The topological polar surface area (TPSA) is 50.4 Å². The quantitative estimate of drug-likeness (QED) is 0.660. The molecule has 0 aromatic heterocycles. The van der Waals surface area contributed by atoms with Crippen LogP contribution in [0.1, 0.15) is 30.5 Å². The van der Waals surface area contributed by atoms with Crippen molar-refractivity contribution < 1.29 is 9.53 Å². The second kappa shape index (κ2) is 10.6. The average Bonchev–Trinajstić information content (AvgIpc) is 2.64. The molecule has 0 saturated heterocycles. The zero-order valence-corrected chi connectivity index (χ0v) is 14.2. The molecular weight excluding hydrogens is 300 g/mol. The van der Waals surface area contributed by atoms with Gasteiger partial charge in [-0.1, -0.05) is 60.7 Å². The maximum Gasteiger partial charge on any atom is 0.234 e. The highest BCUT2D eigenvalue weighted by molar-refractivity contribution is 5.79. The van der Waals surface area contributed by atoms with Crippen LogP contribution in [0.15, 0.2) is 60.7 Å². The number of carbonyl (C=O) groups is 1. The Morgan fingerprint density at radius 3 is 2.12 bits per heavy atom. The van der Waals surface area contributed by atoms with Gasteiger partial charge in [0.2, 0.25) is 5.91 Å². The molecule has 2 aromatic carbocycles. The van der Waals surface area contributed by atoms with Crippen molar-refractivity contribution >= 4 is 5.91 Å². The van der Waals surface area contributed by atoms with Gasteiger partial charge in [0.05, 0.1) is 12.6 Å². The fourth-order valence-electron chi connectivity index (χ4n) is 2.51. The first-order valence-corrected chi connectivity index (χ1v) is 8.49. The Hall–Kier alpha value is -2.17. The molecule has 2 aromatic rings. The number of hydrogen-bond acceptors (Lipinski definition) is 3. The van der Waals surface area contributed by atoms with Gasteiger partial charge in [-0.25, -0.2) is 0 Å². The third-order valence-corrected chi connectivity index (χ3v) is 3.70. The van der Waals surface area contributed by atoms with Gasteiger partial charge in [0.1, 0.15) is 0 Å². The van der Waals surface area contributed by atoms with Crippen LogP contribution in [-0.2, 0) is 9.53 Å². The summed E-state index contributed by atoms with van der Waals surface area (Å²) in [5.74, 6) is -0.0101. The summed E-state index contributed by atoms with van der Waals surface area (Å²) in [4.78, 5) is 12.3.